The molecule has 10 heteroatoms. The number of carbonyl (C=O) groups excluding carboxylic acids is 1. The van der Waals surface area contributed by atoms with Crippen LogP contribution in [-0.4, -0.2) is 53.9 Å². The molecular formula is C17H26N4O5S. The lowest BCUT2D eigenvalue weighted by molar-refractivity contribution is -0.134. The van der Waals surface area contributed by atoms with Gasteiger partial charge in [0.2, 0.25) is 15.9 Å². The molecule has 1 aliphatic rings. The van der Waals surface area contributed by atoms with E-state index in [1.807, 2.05) is 0 Å². The van der Waals surface area contributed by atoms with Crippen molar-refractivity contribution in [2.75, 3.05) is 12.3 Å². The summed E-state index contributed by atoms with van der Waals surface area (Å²) < 4.78 is 25.3. The average molecular weight is 398 g/mol. The normalized spacial score (nSPS) is 16.9. The van der Waals surface area contributed by atoms with Gasteiger partial charge in [0.25, 0.3) is 5.97 Å². The fourth-order valence-corrected chi connectivity index (χ4v) is 3.94. The molecule has 1 fully saturated rings. The van der Waals surface area contributed by atoms with Gasteiger partial charge in [-0.15, -0.1) is 0 Å². The first-order valence-corrected chi connectivity index (χ1v) is 10.1. The van der Waals surface area contributed by atoms with Gasteiger partial charge in [-0.3, -0.25) is 15.0 Å². The fourth-order valence-electron chi connectivity index (χ4n) is 2.61. The van der Waals surface area contributed by atoms with Crippen LogP contribution in [0, 0.1) is 5.41 Å². The van der Waals surface area contributed by atoms with Gasteiger partial charge in [0, 0.05) is 25.6 Å². The second-order valence-corrected chi connectivity index (χ2v) is 8.23. The Labute approximate surface area is 159 Å². The van der Waals surface area contributed by atoms with Gasteiger partial charge in [-0.25, -0.2) is 8.42 Å². The lowest BCUT2D eigenvalue weighted by Crippen LogP contribution is -2.46. The minimum atomic E-state index is -3.36. The Morgan fingerprint density at radius 2 is 1.89 bits per heavy atom. The fraction of sp³-hybridized carbons (Fsp3) is 0.471. The van der Waals surface area contributed by atoms with E-state index in [2.05, 4.69) is 5.32 Å². The molecule has 5 N–H and O–H groups in total. The number of amides is 1. The summed E-state index contributed by atoms with van der Waals surface area (Å²) in [5, 5.41) is 17.5. The van der Waals surface area contributed by atoms with E-state index in [1.54, 1.807) is 31.2 Å². The number of nitrogen functional groups attached to an aromatic ring is 1. The van der Waals surface area contributed by atoms with E-state index in [1.165, 1.54) is 4.31 Å². The maximum atomic E-state index is 12.3. The molecule has 1 amide bonds. The highest BCUT2D eigenvalue weighted by Crippen LogP contribution is 2.21. The van der Waals surface area contributed by atoms with Crippen molar-refractivity contribution in [2.24, 2.45) is 5.73 Å². The summed E-state index contributed by atoms with van der Waals surface area (Å²) in [6.45, 7) is 3.38. The van der Waals surface area contributed by atoms with Gasteiger partial charge < -0.3 is 16.2 Å². The number of hydrogen-bond donors (Lipinski definition) is 4. The SMILES string of the molecule is CC(=O)O.CCS(=O)(=O)N1CCC[C@H]1C(=O)NCc1ccc(C(=N)N)cc1. The van der Waals surface area contributed by atoms with Crippen LogP contribution < -0.4 is 11.1 Å². The molecule has 0 radical (unpaired) electrons. The van der Waals surface area contributed by atoms with Crippen LogP contribution in [0.15, 0.2) is 24.3 Å². The summed E-state index contributed by atoms with van der Waals surface area (Å²) >= 11 is 0. The van der Waals surface area contributed by atoms with Crippen molar-refractivity contribution in [1.82, 2.24) is 9.62 Å². The third kappa shape index (κ3) is 6.99. The van der Waals surface area contributed by atoms with E-state index < -0.39 is 22.0 Å². The van der Waals surface area contributed by atoms with Crippen molar-refractivity contribution in [1.29, 1.82) is 5.41 Å². The molecule has 1 aromatic carbocycles. The van der Waals surface area contributed by atoms with Gasteiger partial charge in [-0.05, 0) is 25.3 Å². The van der Waals surface area contributed by atoms with Crippen molar-refractivity contribution in [3.05, 3.63) is 35.4 Å². The molecule has 1 saturated heterocycles. The van der Waals surface area contributed by atoms with Crippen molar-refractivity contribution in [3.63, 3.8) is 0 Å². The van der Waals surface area contributed by atoms with Gasteiger partial charge in [0.05, 0.1) is 5.75 Å². The molecular weight excluding hydrogens is 372 g/mol. The maximum absolute atomic E-state index is 12.3. The molecule has 0 unspecified atom stereocenters. The van der Waals surface area contributed by atoms with E-state index in [9.17, 15) is 13.2 Å². The van der Waals surface area contributed by atoms with Crippen LogP contribution in [0.4, 0.5) is 0 Å². The summed E-state index contributed by atoms with van der Waals surface area (Å²) in [4.78, 5) is 21.3. The standard InChI is InChI=1S/C15H22N4O3S.C2H4O2/c1-2-23(21,22)19-9-3-4-13(19)15(20)18-10-11-5-7-12(8-6-11)14(16)17;1-2(3)4/h5-8,13H,2-4,9-10H2,1H3,(H3,16,17)(H,18,20);1H3,(H,3,4)/t13-;/m0./s1. The average Bonchev–Trinajstić information content (AvgIpc) is 3.10. The summed E-state index contributed by atoms with van der Waals surface area (Å²) in [5.74, 6) is -1.11. The Hall–Kier alpha value is -2.46. The minimum Gasteiger partial charge on any atom is -0.481 e. The zero-order chi connectivity index (χ0) is 20.6. The Kier molecular flexibility index (Phi) is 8.38. The zero-order valence-corrected chi connectivity index (χ0v) is 16.3. The van der Waals surface area contributed by atoms with Gasteiger partial charge in [0.1, 0.15) is 11.9 Å². The van der Waals surface area contributed by atoms with E-state index in [-0.39, 0.29) is 17.5 Å². The second-order valence-electron chi connectivity index (χ2n) is 6.02. The predicted molar refractivity (Wildman–Crippen MR) is 102 cm³/mol. The van der Waals surface area contributed by atoms with Gasteiger partial charge in [-0.1, -0.05) is 24.3 Å². The number of rotatable bonds is 6. The monoisotopic (exact) mass is 398 g/mol. The number of aliphatic carboxylic acids is 1. The van der Waals surface area contributed by atoms with E-state index in [0.717, 1.165) is 12.5 Å². The van der Waals surface area contributed by atoms with Crippen LogP contribution in [0.2, 0.25) is 0 Å². The predicted octanol–water partition coefficient (Wildman–Crippen LogP) is 0.492. The molecule has 1 atom stereocenters. The third-order valence-corrected chi connectivity index (χ3v) is 5.84. The molecule has 2 rings (SSSR count). The number of nitrogens with one attached hydrogen (secondary N) is 2. The molecule has 27 heavy (non-hydrogen) atoms. The largest absolute Gasteiger partial charge is 0.481 e. The lowest BCUT2D eigenvalue weighted by Gasteiger charge is -2.22. The zero-order valence-electron chi connectivity index (χ0n) is 15.4. The number of sulfonamides is 1. The van der Waals surface area contributed by atoms with E-state index >= 15 is 0 Å². The van der Waals surface area contributed by atoms with Crippen LogP contribution in [0.3, 0.4) is 0 Å². The molecule has 150 valence electrons. The summed E-state index contributed by atoms with van der Waals surface area (Å²) in [5.41, 5.74) is 6.88. The first-order chi connectivity index (χ1) is 12.6. The lowest BCUT2D eigenvalue weighted by atomic mass is 10.1. The third-order valence-electron chi connectivity index (χ3n) is 3.96. The van der Waals surface area contributed by atoms with E-state index in [4.69, 9.17) is 21.0 Å². The molecule has 0 bridgehead atoms. The van der Waals surface area contributed by atoms with Crippen molar-refractivity contribution in [3.8, 4) is 0 Å². The van der Waals surface area contributed by atoms with Crippen LogP contribution in [0.1, 0.15) is 37.8 Å². The number of nitrogens with two attached hydrogens (primary N) is 1. The second kappa shape index (κ2) is 10.0. The highest BCUT2D eigenvalue weighted by Gasteiger charge is 2.37. The highest BCUT2D eigenvalue weighted by atomic mass is 32.2. The van der Waals surface area contributed by atoms with Crippen LogP contribution in [-0.2, 0) is 26.2 Å². The summed E-state index contributed by atoms with van der Waals surface area (Å²) in [6, 6.07) is 6.38. The number of nitrogens with zero attached hydrogens (tertiary/aromatic N) is 1. The quantitative estimate of drug-likeness (QED) is 0.404. The topological polar surface area (TPSA) is 154 Å². The number of benzene rings is 1. The molecule has 1 aliphatic heterocycles. The smallest absolute Gasteiger partial charge is 0.300 e. The molecule has 1 aromatic rings. The summed E-state index contributed by atoms with van der Waals surface area (Å²) in [6.07, 6.45) is 1.25. The Balaban J connectivity index is 0.000000828. The number of amidine groups is 1. The molecule has 0 aromatic heterocycles. The number of carboxylic acid groups (broad SMARTS) is 1. The van der Waals surface area contributed by atoms with Crippen LogP contribution in [0.5, 0.6) is 0 Å². The number of carbonyl (C=O) groups is 2. The maximum Gasteiger partial charge on any atom is 0.300 e. The number of carboxylic acids is 1. The first kappa shape index (κ1) is 22.6. The number of hydrogen-bond acceptors (Lipinski definition) is 5. The molecule has 0 spiro atoms. The van der Waals surface area contributed by atoms with Gasteiger partial charge >= 0.3 is 0 Å². The Morgan fingerprint density at radius 1 is 1.33 bits per heavy atom. The minimum absolute atomic E-state index is 0.00326. The van der Waals surface area contributed by atoms with Crippen LogP contribution >= 0.6 is 0 Å². The van der Waals surface area contributed by atoms with Crippen molar-refractivity contribution < 1.29 is 23.1 Å². The molecule has 0 aliphatic carbocycles. The van der Waals surface area contributed by atoms with Crippen molar-refractivity contribution >= 4 is 27.7 Å². The van der Waals surface area contributed by atoms with Gasteiger partial charge in [-0.2, -0.15) is 4.31 Å². The van der Waals surface area contributed by atoms with Gasteiger partial charge in [0.15, 0.2) is 0 Å². The molecule has 0 saturated carbocycles. The van der Waals surface area contributed by atoms with E-state index in [0.29, 0.717) is 31.5 Å². The summed E-state index contributed by atoms with van der Waals surface area (Å²) in [7, 11) is -3.36. The molecule has 9 nitrogen and oxygen atoms in total. The highest BCUT2D eigenvalue weighted by molar-refractivity contribution is 7.89. The van der Waals surface area contributed by atoms with Crippen LogP contribution in [0.25, 0.3) is 0 Å². The molecule has 1 heterocycles. The Bertz CT molecular complexity index is 773. The Morgan fingerprint density at radius 3 is 2.37 bits per heavy atom. The first-order valence-electron chi connectivity index (χ1n) is 8.48. The van der Waals surface area contributed by atoms with Crippen molar-refractivity contribution in [2.45, 2.75) is 39.3 Å².